The van der Waals surface area contributed by atoms with E-state index >= 15 is 0 Å². The topological polar surface area (TPSA) is 96.8 Å². The Labute approximate surface area is 115 Å². The molecule has 1 aromatic heterocycles. The molecule has 1 amide bonds. The van der Waals surface area contributed by atoms with Gasteiger partial charge in [0.1, 0.15) is 12.3 Å². The molecule has 20 heavy (non-hydrogen) atoms. The number of carbonyl (C=O) groups is 2. The van der Waals surface area contributed by atoms with Gasteiger partial charge < -0.3 is 15.3 Å². The molecule has 0 aliphatic rings. The van der Waals surface area contributed by atoms with Gasteiger partial charge in [0.2, 0.25) is 0 Å². The highest BCUT2D eigenvalue weighted by molar-refractivity contribution is 6.10. The van der Waals surface area contributed by atoms with Crippen LogP contribution in [0.2, 0.25) is 0 Å². The highest BCUT2D eigenvalue weighted by Crippen LogP contribution is 2.25. The largest absolute Gasteiger partial charge is 0.480 e. The van der Waals surface area contributed by atoms with Crippen molar-refractivity contribution in [3.63, 3.8) is 0 Å². The first-order chi connectivity index (χ1) is 9.50. The van der Waals surface area contributed by atoms with E-state index in [-0.39, 0.29) is 0 Å². The first kappa shape index (κ1) is 13.7. The Hall–Kier alpha value is -2.76. The van der Waals surface area contributed by atoms with Gasteiger partial charge in [0.05, 0.1) is 23.2 Å². The van der Waals surface area contributed by atoms with Gasteiger partial charge in [-0.15, -0.1) is 0 Å². The Balaban J connectivity index is 2.43. The van der Waals surface area contributed by atoms with Crippen LogP contribution in [0, 0.1) is 6.92 Å². The number of carboxylic acids is 1. The second-order valence-electron chi connectivity index (χ2n) is 4.23. The minimum absolute atomic E-state index is 0.314. The molecule has 6 heteroatoms. The van der Waals surface area contributed by atoms with E-state index in [1.165, 1.54) is 12.3 Å². The molecule has 3 N–H and O–H groups in total. The zero-order valence-corrected chi connectivity index (χ0v) is 10.9. The van der Waals surface area contributed by atoms with Crippen molar-refractivity contribution in [2.45, 2.75) is 6.92 Å². The summed E-state index contributed by atoms with van der Waals surface area (Å²) in [5.74, 6) is -1.15. The standard InChI is InChI=1S/C14H14N2O4/c1-9-10(6-7-20-9)14(19)16(8-13(17)18)12-5-3-2-4-11(12)15/h2-7H,8,15H2,1H3,(H,17,18). The summed E-state index contributed by atoms with van der Waals surface area (Å²) in [6.07, 6.45) is 1.38. The molecule has 0 bridgehead atoms. The van der Waals surface area contributed by atoms with E-state index in [4.69, 9.17) is 15.3 Å². The van der Waals surface area contributed by atoms with Crippen LogP contribution >= 0.6 is 0 Å². The van der Waals surface area contributed by atoms with Crippen LogP contribution in [-0.2, 0) is 4.79 Å². The lowest BCUT2D eigenvalue weighted by Gasteiger charge is -2.22. The Morgan fingerprint density at radius 2 is 2.00 bits per heavy atom. The van der Waals surface area contributed by atoms with Crippen LogP contribution in [-0.4, -0.2) is 23.5 Å². The number of rotatable bonds is 4. The molecule has 2 rings (SSSR count). The molecule has 104 valence electrons. The van der Waals surface area contributed by atoms with Crippen LogP contribution in [0.15, 0.2) is 41.0 Å². The number of carbonyl (C=O) groups excluding carboxylic acids is 1. The van der Waals surface area contributed by atoms with Crippen molar-refractivity contribution in [1.82, 2.24) is 0 Å². The van der Waals surface area contributed by atoms with Crippen molar-refractivity contribution in [1.29, 1.82) is 0 Å². The van der Waals surface area contributed by atoms with Crippen LogP contribution in [0.5, 0.6) is 0 Å². The normalized spacial score (nSPS) is 10.2. The number of hydrogen-bond acceptors (Lipinski definition) is 4. The van der Waals surface area contributed by atoms with Crippen molar-refractivity contribution in [3.05, 3.63) is 47.9 Å². The molecule has 0 saturated heterocycles. The fourth-order valence-electron chi connectivity index (χ4n) is 1.89. The fraction of sp³-hybridized carbons (Fsp3) is 0.143. The average molecular weight is 274 g/mol. The molecule has 0 aliphatic heterocycles. The third-order valence-corrected chi connectivity index (χ3v) is 2.86. The maximum absolute atomic E-state index is 12.5. The summed E-state index contributed by atoms with van der Waals surface area (Å²) in [6, 6.07) is 8.12. The maximum Gasteiger partial charge on any atom is 0.323 e. The molecular weight excluding hydrogens is 260 g/mol. The molecular formula is C14H14N2O4. The second kappa shape index (κ2) is 5.48. The van der Waals surface area contributed by atoms with Gasteiger partial charge in [-0.1, -0.05) is 12.1 Å². The first-order valence-electron chi connectivity index (χ1n) is 5.93. The third-order valence-electron chi connectivity index (χ3n) is 2.86. The number of aliphatic carboxylic acids is 1. The van der Waals surface area contributed by atoms with Gasteiger partial charge in [-0.2, -0.15) is 0 Å². The quantitative estimate of drug-likeness (QED) is 0.830. The maximum atomic E-state index is 12.5. The van der Waals surface area contributed by atoms with E-state index in [2.05, 4.69) is 0 Å². The summed E-state index contributed by atoms with van der Waals surface area (Å²) in [5, 5.41) is 8.99. The van der Waals surface area contributed by atoms with Crippen molar-refractivity contribution < 1.29 is 19.1 Å². The number of nitrogens with zero attached hydrogens (tertiary/aromatic N) is 1. The molecule has 6 nitrogen and oxygen atoms in total. The number of carboxylic acid groups (broad SMARTS) is 1. The van der Waals surface area contributed by atoms with Crippen LogP contribution in [0.4, 0.5) is 11.4 Å². The van der Waals surface area contributed by atoms with E-state index in [1.54, 1.807) is 31.2 Å². The summed E-state index contributed by atoms with van der Waals surface area (Å²) >= 11 is 0. The Bertz CT molecular complexity index is 648. The minimum atomic E-state index is -1.12. The van der Waals surface area contributed by atoms with Crippen LogP contribution in [0.1, 0.15) is 16.1 Å². The number of furan rings is 1. The zero-order valence-electron chi connectivity index (χ0n) is 10.9. The van der Waals surface area contributed by atoms with Crippen LogP contribution in [0.3, 0.4) is 0 Å². The molecule has 0 saturated carbocycles. The van der Waals surface area contributed by atoms with Crippen LogP contribution < -0.4 is 10.6 Å². The highest BCUT2D eigenvalue weighted by Gasteiger charge is 2.24. The van der Waals surface area contributed by atoms with Crippen molar-refractivity contribution in [2.75, 3.05) is 17.2 Å². The van der Waals surface area contributed by atoms with Crippen molar-refractivity contribution >= 4 is 23.3 Å². The molecule has 0 spiro atoms. The molecule has 2 aromatic rings. The van der Waals surface area contributed by atoms with Gasteiger partial charge in [-0.25, -0.2) is 0 Å². The van der Waals surface area contributed by atoms with E-state index in [0.717, 1.165) is 4.90 Å². The monoisotopic (exact) mass is 274 g/mol. The van der Waals surface area contributed by atoms with Gasteiger partial charge in [0, 0.05) is 0 Å². The van der Waals surface area contributed by atoms with Gasteiger partial charge in [-0.05, 0) is 25.1 Å². The van der Waals surface area contributed by atoms with Gasteiger partial charge >= 0.3 is 5.97 Å². The predicted octanol–water partition coefficient (Wildman–Crippen LogP) is 1.90. The first-order valence-corrected chi connectivity index (χ1v) is 5.93. The summed E-state index contributed by atoms with van der Waals surface area (Å²) in [5.41, 5.74) is 6.83. The highest BCUT2D eigenvalue weighted by atomic mass is 16.4. The molecule has 0 radical (unpaired) electrons. The van der Waals surface area contributed by atoms with E-state index in [1.807, 2.05) is 0 Å². The SMILES string of the molecule is Cc1occc1C(=O)N(CC(=O)O)c1ccccc1N. The van der Waals surface area contributed by atoms with Crippen LogP contribution in [0.25, 0.3) is 0 Å². The summed E-state index contributed by atoms with van der Waals surface area (Å²) in [6.45, 7) is 1.16. The molecule has 0 fully saturated rings. The molecule has 1 heterocycles. The van der Waals surface area contributed by atoms with Gasteiger partial charge in [0.25, 0.3) is 5.91 Å². The zero-order chi connectivity index (χ0) is 14.7. The Morgan fingerprint density at radius 1 is 1.30 bits per heavy atom. The number of nitrogen functional groups attached to an aromatic ring is 1. The third kappa shape index (κ3) is 2.64. The lowest BCUT2D eigenvalue weighted by atomic mass is 10.2. The van der Waals surface area contributed by atoms with Gasteiger partial charge in [0.15, 0.2) is 0 Å². The average Bonchev–Trinajstić information content (AvgIpc) is 2.82. The number of aryl methyl sites for hydroxylation is 1. The summed E-state index contributed by atoms with van der Waals surface area (Å²) in [4.78, 5) is 24.6. The lowest BCUT2D eigenvalue weighted by Crippen LogP contribution is -2.36. The number of benzene rings is 1. The lowest BCUT2D eigenvalue weighted by molar-refractivity contribution is -0.135. The van der Waals surface area contributed by atoms with Gasteiger partial charge in [-0.3, -0.25) is 14.5 Å². The second-order valence-corrected chi connectivity index (χ2v) is 4.23. The Kier molecular flexibility index (Phi) is 3.74. The molecule has 0 aliphatic carbocycles. The number of amides is 1. The number of para-hydroxylation sites is 2. The number of anilines is 2. The number of nitrogens with two attached hydrogens (primary N) is 1. The molecule has 0 atom stereocenters. The molecule has 1 aromatic carbocycles. The van der Waals surface area contributed by atoms with E-state index in [0.29, 0.717) is 22.7 Å². The number of hydrogen-bond donors (Lipinski definition) is 2. The van der Waals surface area contributed by atoms with Crippen molar-refractivity contribution in [2.24, 2.45) is 0 Å². The van der Waals surface area contributed by atoms with E-state index in [9.17, 15) is 9.59 Å². The van der Waals surface area contributed by atoms with Crippen molar-refractivity contribution in [3.8, 4) is 0 Å². The predicted molar refractivity (Wildman–Crippen MR) is 73.6 cm³/mol. The molecule has 0 unspecified atom stereocenters. The Morgan fingerprint density at radius 3 is 2.55 bits per heavy atom. The summed E-state index contributed by atoms with van der Waals surface area (Å²) in [7, 11) is 0. The smallest absolute Gasteiger partial charge is 0.323 e. The summed E-state index contributed by atoms with van der Waals surface area (Å²) < 4.78 is 5.08. The minimum Gasteiger partial charge on any atom is -0.480 e. The van der Waals surface area contributed by atoms with E-state index < -0.39 is 18.4 Å². The fourth-order valence-corrected chi connectivity index (χ4v) is 1.89.